The highest BCUT2D eigenvalue weighted by atomic mass is 15.1. The van der Waals surface area contributed by atoms with Gasteiger partial charge in [-0.3, -0.25) is 0 Å². The second-order valence-electron chi connectivity index (χ2n) is 15.7. The molecule has 0 aliphatic carbocycles. The molecule has 0 aliphatic rings. The lowest BCUT2D eigenvalue weighted by Gasteiger charge is -2.29. The first-order valence-corrected chi connectivity index (χ1v) is 21.0. The number of anilines is 3. The largest absolute Gasteiger partial charge is 0.310 e. The fraction of sp³-hybridized carbons (Fsp3) is 0. The Morgan fingerprint density at radius 2 is 0.656 bits per heavy atom. The molecule has 0 heterocycles. The fourth-order valence-corrected chi connectivity index (χ4v) is 9.02. The predicted octanol–water partition coefficient (Wildman–Crippen LogP) is 17.0. The van der Waals surface area contributed by atoms with Crippen LogP contribution < -0.4 is 4.90 Å². The monoisotopic (exact) mass is 775 g/mol. The summed E-state index contributed by atoms with van der Waals surface area (Å²) in [5.74, 6) is 0. The van der Waals surface area contributed by atoms with Crippen LogP contribution in [0.1, 0.15) is 0 Å². The summed E-state index contributed by atoms with van der Waals surface area (Å²) < 4.78 is 0. The number of hydrogen-bond acceptors (Lipinski definition) is 1. The van der Waals surface area contributed by atoms with Gasteiger partial charge in [0.2, 0.25) is 0 Å². The van der Waals surface area contributed by atoms with E-state index in [-0.39, 0.29) is 0 Å². The third-order valence-corrected chi connectivity index (χ3v) is 12.1. The molecule has 0 N–H and O–H groups in total. The van der Waals surface area contributed by atoms with Crippen molar-refractivity contribution in [3.63, 3.8) is 0 Å². The van der Waals surface area contributed by atoms with Crippen LogP contribution in [0.3, 0.4) is 0 Å². The number of hydrogen-bond donors (Lipinski definition) is 0. The minimum atomic E-state index is 1.08. The van der Waals surface area contributed by atoms with Gasteiger partial charge in [-0.1, -0.05) is 212 Å². The Balaban J connectivity index is 1.09. The first kappa shape index (κ1) is 36.1. The number of benzene rings is 11. The third-order valence-electron chi connectivity index (χ3n) is 12.1. The Bertz CT molecular complexity index is 3310. The van der Waals surface area contributed by atoms with Gasteiger partial charge in [0.1, 0.15) is 0 Å². The molecule has 0 unspecified atom stereocenters. The lowest BCUT2D eigenvalue weighted by molar-refractivity contribution is 1.28. The lowest BCUT2D eigenvalue weighted by atomic mass is 9.91. The number of fused-ring (bicyclic) bond motifs is 4. The molecule has 0 saturated heterocycles. The van der Waals surface area contributed by atoms with Crippen LogP contribution in [-0.4, -0.2) is 0 Å². The van der Waals surface area contributed by atoms with Gasteiger partial charge >= 0.3 is 0 Å². The van der Waals surface area contributed by atoms with E-state index in [4.69, 9.17) is 0 Å². The van der Waals surface area contributed by atoms with Gasteiger partial charge in [0.15, 0.2) is 0 Å². The summed E-state index contributed by atoms with van der Waals surface area (Å²) in [5.41, 5.74) is 15.2. The standard InChI is InChI=1S/C60H41N/c1-3-14-42(15-4-1)43-26-28-44(29-27-43)45-30-35-51(36-31-45)61(52-37-32-48(33-38-52)54-25-13-20-46-18-7-9-21-53(46)54)60-41-50(34-39-56(60)47-16-5-2-6-17-47)59-40-49-19-8-10-22-55(49)57-23-11-12-24-58(57)59/h1-41H. The van der Waals surface area contributed by atoms with Crippen LogP contribution in [0, 0.1) is 0 Å². The molecule has 11 aromatic carbocycles. The number of rotatable bonds is 8. The van der Waals surface area contributed by atoms with Crippen LogP contribution >= 0.6 is 0 Å². The summed E-state index contributed by atoms with van der Waals surface area (Å²) in [4.78, 5) is 2.43. The summed E-state index contributed by atoms with van der Waals surface area (Å²) in [6.45, 7) is 0. The molecule has 0 radical (unpaired) electrons. The molecule has 11 aromatic rings. The molecule has 0 fully saturated rings. The maximum atomic E-state index is 2.43. The highest BCUT2D eigenvalue weighted by Crippen LogP contribution is 2.45. The smallest absolute Gasteiger partial charge is 0.0546 e. The van der Waals surface area contributed by atoms with E-state index in [9.17, 15) is 0 Å². The van der Waals surface area contributed by atoms with Crippen molar-refractivity contribution in [3.05, 3.63) is 249 Å². The summed E-state index contributed by atoms with van der Waals surface area (Å²) in [7, 11) is 0. The van der Waals surface area contributed by atoms with Crippen molar-refractivity contribution >= 4 is 49.4 Å². The SMILES string of the molecule is c1ccc(-c2ccc(-c3ccc(N(c4ccc(-c5cccc6ccccc56)cc4)c4cc(-c5cc6ccccc6c6ccccc56)ccc4-c4ccccc4)cc3)cc2)cc1. The van der Waals surface area contributed by atoms with Crippen molar-refractivity contribution in [2.75, 3.05) is 4.90 Å². The molecule has 0 bridgehead atoms. The predicted molar refractivity (Wildman–Crippen MR) is 261 cm³/mol. The number of nitrogens with zero attached hydrogens (tertiary/aromatic N) is 1. The molecular weight excluding hydrogens is 735 g/mol. The third kappa shape index (κ3) is 6.83. The van der Waals surface area contributed by atoms with Crippen LogP contribution in [0.2, 0.25) is 0 Å². The van der Waals surface area contributed by atoms with Crippen LogP contribution in [0.15, 0.2) is 249 Å². The quantitative estimate of drug-likeness (QED) is 0.139. The normalized spacial score (nSPS) is 11.3. The highest BCUT2D eigenvalue weighted by molar-refractivity contribution is 6.14. The average Bonchev–Trinajstić information content (AvgIpc) is 3.35. The van der Waals surface area contributed by atoms with Gasteiger partial charge in [0.05, 0.1) is 5.69 Å². The maximum absolute atomic E-state index is 2.43. The Kier molecular flexibility index (Phi) is 9.26. The molecule has 1 heteroatoms. The van der Waals surface area contributed by atoms with Crippen LogP contribution in [-0.2, 0) is 0 Å². The molecule has 1 nitrogen and oxygen atoms in total. The van der Waals surface area contributed by atoms with E-state index in [1.165, 1.54) is 82.4 Å². The molecule has 0 aromatic heterocycles. The summed E-state index contributed by atoms with van der Waals surface area (Å²) in [6, 6.07) is 90.5. The van der Waals surface area contributed by atoms with Crippen LogP contribution in [0.5, 0.6) is 0 Å². The molecule has 0 spiro atoms. The summed E-state index contributed by atoms with van der Waals surface area (Å²) >= 11 is 0. The van der Waals surface area contributed by atoms with Gasteiger partial charge in [-0.2, -0.15) is 0 Å². The van der Waals surface area contributed by atoms with Gasteiger partial charge in [0, 0.05) is 16.9 Å². The van der Waals surface area contributed by atoms with Crippen molar-refractivity contribution in [3.8, 4) is 55.6 Å². The van der Waals surface area contributed by atoms with Gasteiger partial charge in [-0.15, -0.1) is 0 Å². The zero-order valence-electron chi connectivity index (χ0n) is 33.6. The van der Waals surface area contributed by atoms with E-state index >= 15 is 0 Å². The zero-order chi connectivity index (χ0) is 40.5. The first-order chi connectivity index (χ1) is 30.2. The summed E-state index contributed by atoms with van der Waals surface area (Å²) in [5, 5.41) is 7.50. The van der Waals surface area contributed by atoms with E-state index < -0.39 is 0 Å². The zero-order valence-corrected chi connectivity index (χ0v) is 33.6. The Labute approximate surface area is 357 Å². The highest BCUT2D eigenvalue weighted by Gasteiger charge is 2.20. The van der Waals surface area contributed by atoms with Crippen molar-refractivity contribution in [1.29, 1.82) is 0 Å². The molecule has 0 atom stereocenters. The summed E-state index contributed by atoms with van der Waals surface area (Å²) in [6.07, 6.45) is 0. The lowest BCUT2D eigenvalue weighted by Crippen LogP contribution is -2.11. The van der Waals surface area contributed by atoms with E-state index in [1.807, 2.05) is 0 Å². The van der Waals surface area contributed by atoms with E-state index in [2.05, 4.69) is 254 Å². The van der Waals surface area contributed by atoms with Crippen molar-refractivity contribution in [2.45, 2.75) is 0 Å². The van der Waals surface area contributed by atoms with Gasteiger partial charge in [-0.25, -0.2) is 0 Å². The minimum absolute atomic E-state index is 1.08. The first-order valence-electron chi connectivity index (χ1n) is 21.0. The van der Waals surface area contributed by atoms with Gasteiger partial charge in [-0.05, 0) is 119 Å². The van der Waals surface area contributed by atoms with E-state index in [1.54, 1.807) is 0 Å². The van der Waals surface area contributed by atoms with Crippen LogP contribution in [0.4, 0.5) is 17.1 Å². The van der Waals surface area contributed by atoms with Gasteiger partial charge < -0.3 is 4.90 Å². The van der Waals surface area contributed by atoms with Crippen molar-refractivity contribution in [1.82, 2.24) is 0 Å². The van der Waals surface area contributed by atoms with Crippen molar-refractivity contribution in [2.24, 2.45) is 0 Å². The van der Waals surface area contributed by atoms with E-state index in [0.717, 1.165) is 22.6 Å². The second-order valence-corrected chi connectivity index (χ2v) is 15.7. The Morgan fingerprint density at radius 1 is 0.213 bits per heavy atom. The molecule has 0 amide bonds. The molecule has 286 valence electrons. The van der Waals surface area contributed by atoms with E-state index in [0.29, 0.717) is 0 Å². The average molecular weight is 776 g/mol. The van der Waals surface area contributed by atoms with Gasteiger partial charge in [0.25, 0.3) is 0 Å². The topological polar surface area (TPSA) is 3.24 Å². The second kappa shape index (κ2) is 15.6. The molecule has 61 heavy (non-hydrogen) atoms. The molecule has 0 saturated carbocycles. The fourth-order valence-electron chi connectivity index (χ4n) is 9.02. The molecular formula is C60H41N. The Morgan fingerprint density at radius 3 is 1.31 bits per heavy atom. The van der Waals surface area contributed by atoms with Crippen molar-refractivity contribution < 1.29 is 0 Å². The van der Waals surface area contributed by atoms with Crippen LogP contribution in [0.25, 0.3) is 88.0 Å². The molecule has 11 rings (SSSR count). The minimum Gasteiger partial charge on any atom is -0.310 e. The molecule has 0 aliphatic heterocycles. The Hall–Kier alpha value is -8.00. The maximum Gasteiger partial charge on any atom is 0.0546 e.